The zero-order valence-electron chi connectivity index (χ0n) is 15.0. The van der Waals surface area contributed by atoms with Crippen LogP contribution in [0.15, 0.2) is 24.3 Å². The highest BCUT2D eigenvalue weighted by atomic mass is 16.6. The van der Waals surface area contributed by atoms with Gasteiger partial charge in [-0.1, -0.05) is 12.1 Å². The zero-order valence-corrected chi connectivity index (χ0v) is 15.0. The summed E-state index contributed by atoms with van der Waals surface area (Å²) < 4.78 is 5.49. The molecule has 0 saturated carbocycles. The summed E-state index contributed by atoms with van der Waals surface area (Å²) in [5.41, 5.74) is 7.07. The molecule has 0 unspecified atom stereocenters. The molecule has 7 heteroatoms. The third-order valence-electron chi connectivity index (χ3n) is 4.11. The van der Waals surface area contributed by atoms with Crippen molar-refractivity contribution in [1.29, 1.82) is 0 Å². The number of para-hydroxylation sites is 2. The molecule has 3 rings (SSSR count). The predicted octanol–water partition coefficient (Wildman–Crippen LogP) is 3.02. The maximum absolute atomic E-state index is 12.3. The van der Waals surface area contributed by atoms with Crippen molar-refractivity contribution in [3.8, 4) is 0 Å². The zero-order chi connectivity index (χ0) is 18.0. The summed E-state index contributed by atoms with van der Waals surface area (Å²) in [7, 11) is 0. The molecule has 25 heavy (non-hydrogen) atoms. The van der Waals surface area contributed by atoms with Crippen molar-refractivity contribution >= 4 is 28.8 Å². The summed E-state index contributed by atoms with van der Waals surface area (Å²) in [5, 5.41) is 3.25. The number of anilines is 2. The second-order valence-electron chi connectivity index (χ2n) is 7.30. The fourth-order valence-electron chi connectivity index (χ4n) is 2.97. The van der Waals surface area contributed by atoms with Gasteiger partial charge in [0, 0.05) is 13.1 Å². The molecule has 1 aliphatic heterocycles. The number of nitrogens with two attached hydrogens (primary N) is 1. The van der Waals surface area contributed by atoms with Crippen LogP contribution < -0.4 is 11.1 Å². The van der Waals surface area contributed by atoms with E-state index >= 15 is 0 Å². The number of amides is 1. The molecule has 0 aliphatic carbocycles. The number of carbonyl (C=O) groups is 1. The Bertz CT molecular complexity index is 772. The normalized spacial score (nSPS) is 17.7. The van der Waals surface area contributed by atoms with E-state index in [0.29, 0.717) is 24.7 Å². The lowest BCUT2D eigenvalue weighted by Gasteiger charge is -2.28. The average Bonchev–Trinajstić information content (AvgIpc) is 3.00. The van der Waals surface area contributed by atoms with Gasteiger partial charge in [0.2, 0.25) is 0 Å². The predicted molar refractivity (Wildman–Crippen MR) is 98.4 cm³/mol. The smallest absolute Gasteiger partial charge is 0.410 e. The van der Waals surface area contributed by atoms with Crippen molar-refractivity contribution in [2.24, 2.45) is 0 Å². The van der Waals surface area contributed by atoms with Crippen molar-refractivity contribution in [2.75, 3.05) is 24.1 Å². The maximum Gasteiger partial charge on any atom is 0.410 e. The Morgan fingerprint density at radius 1 is 1.32 bits per heavy atom. The number of hydrogen-bond donors (Lipinski definition) is 2. The van der Waals surface area contributed by atoms with Gasteiger partial charge in [-0.05, 0) is 45.7 Å². The number of nitrogens with zero attached hydrogens (tertiary/aromatic N) is 3. The highest BCUT2D eigenvalue weighted by Crippen LogP contribution is 2.23. The lowest BCUT2D eigenvalue weighted by atomic mass is 10.2. The van der Waals surface area contributed by atoms with Gasteiger partial charge in [-0.3, -0.25) is 0 Å². The second kappa shape index (κ2) is 6.74. The first-order chi connectivity index (χ1) is 11.8. The number of rotatable bonds is 3. The van der Waals surface area contributed by atoms with Crippen LogP contribution in [0.2, 0.25) is 0 Å². The van der Waals surface area contributed by atoms with E-state index in [1.807, 2.05) is 45.0 Å². The minimum atomic E-state index is -0.494. The SMILES string of the molecule is CC(C)(C)OC(=O)N1CCC[C@H]1CNc1nc2ccccc2nc1N. The number of likely N-dealkylation sites (tertiary alicyclic amines) is 1. The summed E-state index contributed by atoms with van der Waals surface area (Å²) in [4.78, 5) is 23.0. The van der Waals surface area contributed by atoms with Crippen LogP contribution in [-0.4, -0.2) is 45.7 Å². The van der Waals surface area contributed by atoms with E-state index in [0.717, 1.165) is 23.9 Å². The highest BCUT2D eigenvalue weighted by Gasteiger charge is 2.32. The summed E-state index contributed by atoms with van der Waals surface area (Å²) in [6.07, 6.45) is 1.62. The van der Waals surface area contributed by atoms with E-state index in [-0.39, 0.29) is 12.1 Å². The van der Waals surface area contributed by atoms with Gasteiger partial charge in [0.15, 0.2) is 11.6 Å². The van der Waals surface area contributed by atoms with Crippen LogP contribution in [0.25, 0.3) is 11.0 Å². The molecule has 3 N–H and O–H groups in total. The molecule has 134 valence electrons. The maximum atomic E-state index is 12.3. The third-order valence-corrected chi connectivity index (χ3v) is 4.11. The minimum Gasteiger partial charge on any atom is -0.444 e. The Balaban J connectivity index is 1.68. The van der Waals surface area contributed by atoms with Gasteiger partial charge >= 0.3 is 6.09 Å². The summed E-state index contributed by atoms with van der Waals surface area (Å²) in [6, 6.07) is 7.65. The molecule has 2 heterocycles. The molecule has 1 aliphatic rings. The lowest BCUT2D eigenvalue weighted by Crippen LogP contribution is -2.42. The van der Waals surface area contributed by atoms with Gasteiger partial charge in [-0.2, -0.15) is 0 Å². The molecule has 0 bridgehead atoms. The lowest BCUT2D eigenvalue weighted by molar-refractivity contribution is 0.0235. The van der Waals surface area contributed by atoms with Gasteiger partial charge in [-0.25, -0.2) is 14.8 Å². The first kappa shape index (κ1) is 17.3. The van der Waals surface area contributed by atoms with Crippen LogP contribution in [0.4, 0.5) is 16.4 Å². The van der Waals surface area contributed by atoms with Crippen molar-refractivity contribution < 1.29 is 9.53 Å². The van der Waals surface area contributed by atoms with Crippen LogP contribution in [0.3, 0.4) is 0 Å². The average molecular weight is 343 g/mol. The molecule has 0 radical (unpaired) electrons. The van der Waals surface area contributed by atoms with Crippen molar-refractivity contribution in [3.05, 3.63) is 24.3 Å². The van der Waals surface area contributed by atoms with Crippen LogP contribution in [0.5, 0.6) is 0 Å². The standard InChI is InChI=1S/C18H25N5O2/c1-18(2,3)25-17(24)23-10-6-7-12(23)11-20-16-15(19)21-13-8-4-5-9-14(13)22-16/h4-5,8-9,12H,6-7,10-11H2,1-3H3,(H2,19,21)(H,20,22)/t12-/m0/s1. The number of hydrogen-bond acceptors (Lipinski definition) is 6. The van der Waals surface area contributed by atoms with Crippen LogP contribution in [-0.2, 0) is 4.74 Å². The van der Waals surface area contributed by atoms with Crippen molar-refractivity contribution in [2.45, 2.75) is 45.3 Å². The fourth-order valence-corrected chi connectivity index (χ4v) is 2.97. The Labute approximate surface area is 147 Å². The molecular weight excluding hydrogens is 318 g/mol. The molecule has 1 aromatic heterocycles. The molecule has 2 aromatic rings. The summed E-state index contributed by atoms with van der Waals surface area (Å²) >= 11 is 0. The molecule has 1 saturated heterocycles. The van der Waals surface area contributed by atoms with Crippen LogP contribution in [0, 0.1) is 0 Å². The molecule has 1 fully saturated rings. The van der Waals surface area contributed by atoms with Crippen molar-refractivity contribution in [1.82, 2.24) is 14.9 Å². The van der Waals surface area contributed by atoms with E-state index in [2.05, 4.69) is 15.3 Å². The number of nitrogen functional groups attached to an aromatic ring is 1. The molecule has 7 nitrogen and oxygen atoms in total. The number of nitrogens with one attached hydrogen (secondary N) is 1. The monoisotopic (exact) mass is 343 g/mol. The van der Waals surface area contributed by atoms with E-state index in [1.165, 1.54) is 0 Å². The van der Waals surface area contributed by atoms with E-state index < -0.39 is 5.60 Å². The molecule has 1 atom stereocenters. The number of benzene rings is 1. The van der Waals surface area contributed by atoms with Crippen LogP contribution >= 0.6 is 0 Å². The Hall–Kier alpha value is -2.57. The van der Waals surface area contributed by atoms with Gasteiger partial charge < -0.3 is 20.7 Å². The third kappa shape index (κ3) is 4.10. The number of fused-ring (bicyclic) bond motifs is 1. The topological polar surface area (TPSA) is 93.4 Å². The number of ether oxygens (including phenoxy) is 1. The number of aromatic nitrogens is 2. The minimum absolute atomic E-state index is 0.0579. The number of carbonyl (C=O) groups excluding carboxylic acids is 1. The van der Waals surface area contributed by atoms with Gasteiger partial charge in [0.05, 0.1) is 17.1 Å². The molecule has 1 aromatic carbocycles. The highest BCUT2D eigenvalue weighted by molar-refractivity contribution is 5.79. The van der Waals surface area contributed by atoms with Gasteiger partial charge in [-0.15, -0.1) is 0 Å². The van der Waals surface area contributed by atoms with Gasteiger partial charge in [0.25, 0.3) is 0 Å². The van der Waals surface area contributed by atoms with E-state index in [1.54, 1.807) is 4.90 Å². The van der Waals surface area contributed by atoms with E-state index in [4.69, 9.17) is 10.5 Å². The molecular formula is C18H25N5O2. The summed E-state index contributed by atoms with van der Waals surface area (Å²) in [6.45, 7) is 6.90. The Morgan fingerprint density at radius 3 is 2.68 bits per heavy atom. The molecule has 1 amide bonds. The fraction of sp³-hybridized carbons (Fsp3) is 0.500. The van der Waals surface area contributed by atoms with E-state index in [9.17, 15) is 4.79 Å². The van der Waals surface area contributed by atoms with Gasteiger partial charge in [0.1, 0.15) is 5.60 Å². The Morgan fingerprint density at radius 2 is 2.00 bits per heavy atom. The second-order valence-corrected chi connectivity index (χ2v) is 7.30. The Kier molecular flexibility index (Phi) is 4.65. The van der Waals surface area contributed by atoms with Crippen LogP contribution in [0.1, 0.15) is 33.6 Å². The largest absolute Gasteiger partial charge is 0.444 e. The van der Waals surface area contributed by atoms with Crippen molar-refractivity contribution in [3.63, 3.8) is 0 Å². The summed E-state index contributed by atoms with van der Waals surface area (Å²) in [5.74, 6) is 0.912. The molecule has 0 spiro atoms. The first-order valence-corrected chi connectivity index (χ1v) is 8.59. The quantitative estimate of drug-likeness (QED) is 0.890. The first-order valence-electron chi connectivity index (χ1n) is 8.59.